The highest BCUT2D eigenvalue weighted by Crippen LogP contribution is 2.44. The van der Waals surface area contributed by atoms with Gasteiger partial charge in [-0.2, -0.15) is 0 Å². The molecule has 0 bridgehead atoms. The minimum absolute atomic E-state index is 1.11. The summed E-state index contributed by atoms with van der Waals surface area (Å²) in [5, 5.41) is 10.0. The highest BCUT2D eigenvalue weighted by molar-refractivity contribution is 6.12. The third-order valence-corrected chi connectivity index (χ3v) is 22.7. The Bertz CT molecular complexity index is 6750. The molecule has 0 N–H and O–H groups in total. The maximum absolute atomic E-state index is 2.32. The van der Waals surface area contributed by atoms with Crippen LogP contribution in [0.5, 0.6) is 0 Å². The van der Waals surface area contributed by atoms with Gasteiger partial charge in [0, 0.05) is 112 Å². The minimum atomic E-state index is 1.11. The lowest BCUT2D eigenvalue weighted by atomic mass is 10.00. The molecule has 0 amide bonds. The van der Waals surface area contributed by atoms with Crippen LogP contribution in [-0.4, -0.2) is 21.1 Å². The Morgan fingerprint density at radius 1 is 0.124 bits per heavy atom. The van der Waals surface area contributed by atoms with Crippen molar-refractivity contribution in [3.8, 4) is 44.5 Å². The van der Waals surface area contributed by atoms with Gasteiger partial charge in [0.1, 0.15) is 0 Å². The van der Waals surface area contributed by atoms with Crippen LogP contribution in [0.2, 0.25) is 0 Å². The molecule has 6 heteroatoms. The molecule has 20 aromatic carbocycles. The summed E-state index contributed by atoms with van der Waals surface area (Å²) in [6, 6.07) is 175. The van der Waals surface area contributed by atoms with E-state index < -0.39 is 0 Å². The molecular weight excluding hydrogens is 1470 g/mol. The van der Waals surface area contributed by atoms with Crippen molar-refractivity contribution in [1.29, 1.82) is 0 Å². The maximum Gasteiger partial charge on any atom is 0.0567 e. The van der Waals surface area contributed by atoms with Crippen LogP contribution in [0.25, 0.3) is 87.6 Å². The van der Waals surface area contributed by atoms with Gasteiger partial charge in [0.2, 0.25) is 0 Å². The molecule has 0 atom stereocenters. The number of hydrogen-bond acceptors (Lipinski definition) is 6. The molecule has 0 heterocycles. The van der Waals surface area contributed by atoms with Gasteiger partial charge in [-0.05, 0) is 265 Å². The molecule has 0 aliphatic heterocycles. The van der Waals surface area contributed by atoms with E-state index in [-0.39, 0.29) is 0 Å². The van der Waals surface area contributed by atoms with Crippen molar-refractivity contribution in [3.63, 3.8) is 0 Å². The Hall–Kier alpha value is -15.8. The third kappa shape index (κ3) is 17.1. The van der Waals surface area contributed by atoms with Gasteiger partial charge < -0.3 is 29.4 Å². The molecule has 580 valence electrons. The molecule has 0 fully saturated rings. The van der Waals surface area contributed by atoms with Gasteiger partial charge in [-0.25, -0.2) is 0 Å². The van der Waals surface area contributed by atoms with E-state index in [1.54, 1.807) is 0 Å². The zero-order chi connectivity index (χ0) is 81.6. The molecule has 0 aliphatic rings. The van der Waals surface area contributed by atoms with Gasteiger partial charge in [0.05, 0.1) is 5.69 Å². The van der Waals surface area contributed by atoms with Crippen LogP contribution in [0.15, 0.2) is 491 Å². The fourth-order valence-corrected chi connectivity index (χ4v) is 16.3. The number of anilines is 15. The van der Waals surface area contributed by atoms with E-state index >= 15 is 0 Å². The second-order valence-electron chi connectivity index (χ2n) is 30.3. The predicted octanol–water partition coefficient (Wildman–Crippen LogP) is 32.1. The predicted molar refractivity (Wildman–Crippen MR) is 519 cm³/mol. The van der Waals surface area contributed by atoms with Crippen LogP contribution in [0.4, 0.5) is 85.3 Å². The second-order valence-corrected chi connectivity index (χ2v) is 30.3. The lowest BCUT2D eigenvalue weighted by Crippen LogP contribution is -2.12. The van der Waals surface area contributed by atoms with Gasteiger partial charge in [-0.15, -0.1) is 0 Å². The first-order chi connectivity index (χ1) is 59.7. The van der Waals surface area contributed by atoms with Crippen molar-refractivity contribution in [3.05, 3.63) is 491 Å². The zero-order valence-electron chi connectivity index (χ0n) is 67.9. The quantitative estimate of drug-likeness (QED) is 0.0746. The Morgan fingerprint density at radius 3 is 0.694 bits per heavy atom. The van der Waals surface area contributed by atoms with E-state index in [0.717, 1.165) is 79.6 Å². The summed E-state index contributed by atoms with van der Waals surface area (Å²) in [5.74, 6) is 0. The number of fused-ring (bicyclic) bond motifs is 4. The van der Waals surface area contributed by atoms with Gasteiger partial charge in [-0.1, -0.05) is 303 Å². The van der Waals surface area contributed by atoms with E-state index in [4.69, 9.17) is 0 Å². The van der Waals surface area contributed by atoms with E-state index in [0.29, 0.717) is 0 Å². The Labute approximate surface area is 710 Å². The molecule has 0 aromatic heterocycles. The van der Waals surface area contributed by atoms with Gasteiger partial charge in [0.25, 0.3) is 0 Å². The minimum Gasteiger partial charge on any atom is -0.345 e. The summed E-state index contributed by atoms with van der Waals surface area (Å²) in [6.07, 6.45) is 0. The Balaban J connectivity index is 0.000000124. The monoisotopic (exact) mass is 1550 g/mol. The van der Waals surface area contributed by atoms with Gasteiger partial charge >= 0.3 is 0 Å². The van der Waals surface area contributed by atoms with Crippen LogP contribution in [-0.2, 0) is 0 Å². The van der Waals surface area contributed by atoms with Crippen molar-refractivity contribution >= 4 is 128 Å². The van der Waals surface area contributed by atoms with Crippen molar-refractivity contribution in [2.24, 2.45) is 0 Å². The number of rotatable bonds is 19. The van der Waals surface area contributed by atoms with Gasteiger partial charge in [0.15, 0.2) is 0 Å². The summed E-state index contributed by atoms with van der Waals surface area (Å²) >= 11 is 0. The van der Waals surface area contributed by atoms with Gasteiger partial charge in [-0.3, -0.25) is 0 Å². The largest absolute Gasteiger partial charge is 0.345 e. The maximum atomic E-state index is 2.32. The fourth-order valence-electron chi connectivity index (χ4n) is 16.3. The molecule has 20 aromatic rings. The molecule has 20 rings (SSSR count). The summed E-state index contributed by atoms with van der Waals surface area (Å²) in [4.78, 5) is 13.7. The average molecular weight is 1560 g/mol. The van der Waals surface area contributed by atoms with Crippen molar-refractivity contribution in [2.75, 3.05) is 50.5 Å². The standard InChI is InChI=1S/2C39H30N2.C37H30N2/c1-40(39-37-18-10-8-14-31(37)28-32-15-9-11-19-38(32)39)33-24-26-36(27-25-33)41(34-16-6-3-7-17-34)35-22-20-30(21-23-35)29-12-4-2-5-13-29;1-40(39-21-18-33-26-31-12-8-9-13-32(31)27-34(33)28-39)35-22-24-38(25-23-35)41(36-14-6-3-7-15-36)37-19-16-30(17-20-37)29-10-4-2-5-11-29;1-38(37-19-11-16-32(28-37)30-14-7-3-8-15-30)33-24-26-36(27-25-33)39(34-17-9-4-10-18-34)35-22-20-31(21-23-35)29-12-5-2-6-13-29/h2*2-28H,1H3;2-28H,1H3. The van der Waals surface area contributed by atoms with E-state index in [1.165, 1.54) is 93.3 Å². The smallest absolute Gasteiger partial charge is 0.0567 e. The molecule has 0 saturated carbocycles. The first-order valence-corrected chi connectivity index (χ1v) is 41.3. The summed E-state index contributed by atoms with van der Waals surface area (Å²) in [7, 11) is 6.42. The van der Waals surface area contributed by atoms with Crippen molar-refractivity contribution in [1.82, 2.24) is 0 Å². The summed E-state index contributed by atoms with van der Waals surface area (Å²) in [5.41, 5.74) is 26.8. The zero-order valence-corrected chi connectivity index (χ0v) is 67.9. The summed E-state index contributed by atoms with van der Waals surface area (Å²) < 4.78 is 0. The number of hydrogen-bond donors (Lipinski definition) is 0. The molecule has 0 spiro atoms. The highest BCUT2D eigenvalue weighted by atomic mass is 15.2. The lowest BCUT2D eigenvalue weighted by molar-refractivity contribution is 1.20. The van der Waals surface area contributed by atoms with Crippen LogP contribution in [0, 0.1) is 0 Å². The molecule has 0 unspecified atom stereocenters. The Morgan fingerprint density at radius 2 is 0.339 bits per heavy atom. The van der Waals surface area contributed by atoms with Crippen molar-refractivity contribution < 1.29 is 0 Å². The number of para-hydroxylation sites is 3. The molecule has 0 radical (unpaired) electrons. The second kappa shape index (κ2) is 35.8. The highest BCUT2D eigenvalue weighted by Gasteiger charge is 2.20. The molecule has 0 aliphatic carbocycles. The van der Waals surface area contributed by atoms with Crippen LogP contribution in [0.3, 0.4) is 0 Å². The lowest BCUT2D eigenvalue weighted by Gasteiger charge is -2.27. The van der Waals surface area contributed by atoms with Crippen molar-refractivity contribution in [2.45, 2.75) is 0 Å². The summed E-state index contributed by atoms with van der Waals surface area (Å²) in [6.45, 7) is 0. The van der Waals surface area contributed by atoms with E-state index in [1.807, 2.05) is 0 Å². The van der Waals surface area contributed by atoms with E-state index in [9.17, 15) is 0 Å². The molecule has 0 saturated heterocycles. The van der Waals surface area contributed by atoms with Crippen LogP contribution < -0.4 is 29.4 Å². The number of benzene rings is 20. The van der Waals surface area contributed by atoms with E-state index in [2.05, 4.69) is 542 Å². The first-order valence-electron chi connectivity index (χ1n) is 41.3. The van der Waals surface area contributed by atoms with Crippen LogP contribution >= 0.6 is 0 Å². The Kier molecular flexibility index (Phi) is 22.6. The molecule has 121 heavy (non-hydrogen) atoms. The number of nitrogens with zero attached hydrogens (tertiary/aromatic N) is 6. The SMILES string of the molecule is CN(c1ccc(N(c2ccccc2)c2ccc(-c3ccccc3)cc2)cc1)c1c2ccccc2cc2ccccc12.CN(c1ccc(N(c2ccccc2)c2ccc(-c3ccccc3)cc2)cc1)c1ccc2cc3ccccc3cc2c1.CN(c1ccc(N(c2ccccc2)c2ccc(-c3ccccc3)cc2)cc1)c1cccc(-c2ccccc2)c1. The third-order valence-electron chi connectivity index (χ3n) is 22.7. The molecular formula is C115H90N6. The first kappa shape index (κ1) is 76.5. The molecule has 6 nitrogen and oxygen atoms in total. The topological polar surface area (TPSA) is 19.4 Å². The van der Waals surface area contributed by atoms with Crippen LogP contribution in [0.1, 0.15) is 0 Å². The fraction of sp³-hybridized carbons (Fsp3) is 0.0261. The average Bonchev–Trinajstić information content (AvgIpc) is 0.751. The normalized spacial score (nSPS) is 10.9.